The minimum atomic E-state index is 0.275. The van der Waals surface area contributed by atoms with Gasteiger partial charge in [0.15, 0.2) is 5.76 Å². The molecule has 3 aromatic rings. The van der Waals surface area contributed by atoms with Gasteiger partial charge in [-0.15, -0.1) is 0 Å². The van der Waals surface area contributed by atoms with Crippen LogP contribution in [0.5, 0.6) is 0 Å². The van der Waals surface area contributed by atoms with Crippen LogP contribution in [0.1, 0.15) is 37.5 Å². The van der Waals surface area contributed by atoms with Crippen molar-refractivity contribution in [2.24, 2.45) is 17.8 Å². The molecule has 4 atom stereocenters. The topological polar surface area (TPSA) is 56.3 Å². The Morgan fingerprint density at radius 2 is 1.87 bits per heavy atom. The quantitative estimate of drug-likeness (QED) is 0.569. The summed E-state index contributed by atoms with van der Waals surface area (Å²) in [5.41, 5.74) is 2.02. The van der Waals surface area contributed by atoms with Crippen molar-refractivity contribution in [3.05, 3.63) is 60.6 Å². The zero-order valence-electron chi connectivity index (χ0n) is 17.8. The number of benzene rings is 1. The first-order valence-electron chi connectivity index (χ1n) is 11.7. The molecule has 0 bridgehead atoms. The van der Waals surface area contributed by atoms with Crippen molar-refractivity contribution in [2.45, 2.75) is 44.4 Å². The third-order valence-corrected chi connectivity index (χ3v) is 7.28. The van der Waals surface area contributed by atoms with Gasteiger partial charge in [0.2, 0.25) is 0 Å². The van der Waals surface area contributed by atoms with Crippen LogP contribution in [0.25, 0.3) is 11.3 Å². The molecule has 6 heteroatoms. The Morgan fingerprint density at radius 1 is 1.03 bits per heavy atom. The summed E-state index contributed by atoms with van der Waals surface area (Å²) in [7, 11) is 0. The lowest BCUT2D eigenvalue weighted by molar-refractivity contribution is -0.0371. The second-order valence-electron chi connectivity index (χ2n) is 9.60. The largest absolute Gasteiger partial charge is 0.376 e. The SMILES string of the molecule is c1ccc(-c2cc(CN3C[C@H]4C[C@H](OCC5CC5)[C@@H](n5cccn5)C[C@H]4C3)on2)cc1. The third-order valence-electron chi connectivity index (χ3n) is 7.28. The van der Waals surface area contributed by atoms with E-state index in [4.69, 9.17) is 9.26 Å². The Balaban J connectivity index is 1.12. The van der Waals surface area contributed by atoms with Gasteiger partial charge in [-0.3, -0.25) is 9.58 Å². The normalized spacial score (nSPS) is 28.6. The summed E-state index contributed by atoms with van der Waals surface area (Å²) >= 11 is 0. The van der Waals surface area contributed by atoms with Crippen LogP contribution < -0.4 is 0 Å². The average Bonchev–Trinajstić information content (AvgIpc) is 3.18. The lowest BCUT2D eigenvalue weighted by atomic mass is 9.77. The van der Waals surface area contributed by atoms with E-state index < -0.39 is 0 Å². The molecule has 3 heterocycles. The molecule has 3 aliphatic rings. The molecule has 2 aromatic heterocycles. The van der Waals surface area contributed by atoms with Crippen LogP contribution in [0, 0.1) is 17.8 Å². The van der Waals surface area contributed by atoms with Gasteiger partial charge < -0.3 is 9.26 Å². The van der Waals surface area contributed by atoms with Crippen molar-refractivity contribution in [1.29, 1.82) is 0 Å². The average molecular weight is 419 g/mol. The highest BCUT2D eigenvalue weighted by Gasteiger charge is 2.44. The summed E-state index contributed by atoms with van der Waals surface area (Å²) in [5, 5.41) is 8.86. The smallest absolute Gasteiger partial charge is 0.151 e. The fourth-order valence-corrected chi connectivity index (χ4v) is 5.45. The van der Waals surface area contributed by atoms with E-state index >= 15 is 0 Å². The van der Waals surface area contributed by atoms with Gasteiger partial charge in [0.1, 0.15) is 5.69 Å². The summed E-state index contributed by atoms with van der Waals surface area (Å²) in [6.45, 7) is 3.97. The number of ether oxygens (including phenoxy) is 1. The fourth-order valence-electron chi connectivity index (χ4n) is 5.45. The van der Waals surface area contributed by atoms with Gasteiger partial charge in [-0.05, 0) is 49.5 Å². The van der Waals surface area contributed by atoms with Crippen molar-refractivity contribution < 1.29 is 9.26 Å². The number of rotatable bonds is 7. The Morgan fingerprint density at radius 3 is 2.65 bits per heavy atom. The van der Waals surface area contributed by atoms with Crippen molar-refractivity contribution in [1.82, 2.24) is 19.8 Å². The standard InChI is InChI=1S/C25H30N4O2/c1-2-5-19(6-3-1)23-13-22(31-27-23)16-28-14-20-11-24(29-10-4-9-26-29)25(12-21(20)15-28)30-17-18-7-8-18/h1-6,9-10,13,18,20-21,24-25H,7-8,11-12,14-17H2/t20-,21+,24-,25-/m0/s1. The lowest BCUT2D eigenvalue weighted by Crippen LogP contribution is -2.38. The van der Waals surface area contributed by atoms with Gasteiger partial charge in [-0.2, -0.15) is 5.10 Å². The highest BCUT2D eigenvalue weighted by molar-refractivity contribution is 5.58. The predicted octanol–water partition coefficient (Wildman–Crippen LogP) is 4.42. The molecule has 0 amide bonds. The molecule has 1 saturated heterocycles. The van der Waals surface area contributed by atoms with Crippen LogP contribution in [-0.4, -0.2) is 45.6 Å². The molecule has 0 N–H and O–H groups in total. The molecule has 6 rings (SSSR count). The first-order chi connectivity index (χ1) is 15.3. The van der Waals surface area contributed by atoms with Crippen LogP contribution in [-0.2, 0) is 11.3 Å². The van der Waals surface area contributed by atoms with E-state index in [0.717, 1.165) is 62.0 Å². The second-order valence-corrected chi connectivity index (χ2v) is 9.60. The number of hydrogen-bond donors (Lipinski definition) is 0. The van der Waals surface area contributed by atoms with Crippen LogP contribution in [0.3, 0.4) is 0 Å². The zero-order valence-corrected chi connectivity index (χ0v) is 17.8. The predicted molar refractivity (Wildman–Crippen MR) is 117 cm³/mol. The molecular formula is C25H30N4O2. The van der Waals surface area contributed by atoms with Crippen LogP contribution in [0.4, 0.5) is 0 Å². The molecular weight excluding hydrogens is 388 g/mol. The molecule has 0 unspecified atom stereocenters. The highest BCUT2D eigenvalue weighted by Crippen LogP contribution is 2.43. The van der Waals surface area contributed by atoms with Gasteiger partial charge in [0, 0.05) is 43.7 Å². The van der Waals surface area contributed by atoms with Crippen LogP contribution in [0.2, 0.25) is 0 Å². The van der Waals surface area contributed by atoms with Crippen molar-refractivity contribution in [2.75, 3.05) is 19.7 Å². The molecule has 1 aliphatic heterocycles. The first kappa shape index (κ1) is 19.3. The molecule has 3 fully saturated rings. The summed E-state index contributed by atoms with van der Waals surface area (Å²) in [6.07, 6.45) is 9.21. The van der Waals surface area contributed by atoms with Gasteiger partial charge >= 0.3 is 0 Å². The molecule has 6 nitrogen and oxygen atoms in total. The van der Waals surface area contributed by atoms with E-state index in [0.29, 0.717) is 17.9 Å². The van der Waals surface area contributed by atoms with E-state index in [1.54, 1.807) is 0 Å². The number of fused-ring (bicyclic) bond motifs is 1. The molecule has 1 aromatic carbocycles. The molecule has 2 aliphatic carbocycles. The minimum Gasteiger partial charge on any atom is -0.376 e. The van der Waals surface area contributed by atoms with E-state index in [1.807, 2.05) is 30.5 Å². The Labute approximate surface area is 183 Å². The fraction of sp³-hybridized carbons (Fsp3) is 0.520. The number of hydrogen-bond acceptors (Lipinski definition) is 5. The minimum absolute atomic E-state index is 0.275. The molecule has 0 radical (unpaired) electrons. The second kappa shape index (κ2) is 8.24. The maximum Gasteiger partial charge on any atom is 0.151 e. The van der Waals surface area contributed by atoms with E-state index in [1.165, 1.54) is 12.8 Å². The summed E-state index contributed by atoms with van der Waals surface area (Å²) in [5.74, 6) is 3.11. The molecule has 162 valence electrons. The first-order valence-corrected chi connectivity index (χ1v) is 11.7. The van der Waals surface area contributed by atoms with E-state index in [9.17, 15) is 0 Å². The zero-order chi connectivity index (χ0) is 20.6. The Kier molecular flexibility index (Phi) is 5.12. The number of aromatic nitrogens is 3. The van der Waals surface area contributed by atoms with Gasteiger partial charge in [0.05, 0.1) is 18.7 Å². The van der Waals surface area contributed by atoms with Gasteiger partial charge in [-0.25, -0.2) is 0 Å². The van der Waals surface area contributed by atoms with E-state index in [2.05, 4.69) is 44.2 Å². The third kappa shape index (κ3) is 4.19. The maximum atomic E-state index is 6.45. The van der Waals surface area contributed by atoms with E-state index in [-0.39, 0.29) is 6.10 Å². The van der Waals surface area contributed by atoms with Crippen molar-refractivity contribution >= 4 is 0 Å². The van der Waals surface area contributed by atoms with Gasteiger partial charge in [-0.1, -0.05) is 35.5 Å². The van der Waals surface area contributed by atoms with Crippen molar-refractivity contribution in [3.63, 3.8) is 0 Å². The lowest BCUT2D eigenvalue weighted by Gasteiger charge is -2.38. The number of likely N-dealkylation sites (tertiary alicyclic amines) is 1. The van der Waals surface area contributed by atoms with Crippen molar-refractivity contribution in [3.8, 4) is 11.3 Å². The Bertz CT molecular complexity index is 982. The van der Waals surface area contributed by atoms with Crippen LogP contribution >= 0.6 is 0 Å². The maximum absolute atomic E-state index is 6.45. The summed E-state index contributed by atoms with van der Waals surface area (Å²) in [4.78, 5) is 2.54. The number of nitrogens with zero attached hydrogens (tertiary/aromatic N) is 4. The monoisotopic (exact) mass is 418 g/mol. The molecule has 0 spiro atoms. The molecule has 2 saturated carbocycles. The summed E-state index contributed by atoms with van der Waals surface area (Å²) < 4.78 is 14.3. The van der Waals surface area contributed by atoms with Gasteiger partial charge in [0.25, 0.3) is 0 Å². The Hall–Kier alpha value is -2.44. The highest BCUT2D eigenvalue weighted by atomic mass is 16.5. The van der Waals surface area contributed by atoms with Crippen LogP contribution in [0.15, 0.2) is 59.4 Å². The molecule has 31 heavy (non-hydrogen) atoms. The summed E-state index contributed by atoms with van der Waals surface area (Å²) in [6, 6.07) is 14.7.